The normalized spacial score (nSPS) is 18.3. The Hall–Kier alpha value is -1.97. The topological polar surface area (TPSA) is 50.2 Å². The van der Waals surface area contributed by atoms with Gasteiger partial charge < -0.3 is 5.11 Å². The Morgan fingerprint density at radius 1 is 1.32 bits per heavy atom. The summed E-state index contributed by atoms with van der Waals surface area (Å²) in [7, 11) is 0. The zero-order valence-corrected chi connectivity index (χ0v) is 13.1. The number of benzene rings is 1. The van der Waals surface area contributed by atoms with Gasteiger partial charge in [0.2, 0.25) is 0 Å². The van der Waals surface area contributed by atoms with Crippen LogP contribution in [0.1, 0.15) is 48.8 Å². The number of pyridine rings is 1. The Kier molecular flexibility index (Phi) is 3.42. The van der Waals surface area contributed by atoms with E-state index in [1.807, 2.05) is 6.07 Å². The van der Waals surface area contributed by atoms with Crippen molar-refractivity contribution in [3.8, 4) is 0 Å². The van der Waals surface area contributed by atoms with E-state index in [0.29, 0.717) is 11.3 Å². The van der Waals surface area contributed by atoms with E-state index in [-0.39, 0.29) is 16.5 Å². The third kappa shape index (κ3) is 2.58. The van der Waals surface area contributed by atoms with Crippen LogP contribution in [0, 0.1) is 17.2 Å². The van der Waals surface area contributed by atoms with Crippen molar-refractivity contribution < 1.29 is 14.3 Å². The van der Waals surface area contributed by atoms with Crippen LogP contribution in [0.15, 0.2) is 18.2 Å². The number of hydrogen-bond acceptors (Lipinski definition) is 2. The molecule has 0 bridgehead atoms. The lowest BCUT2D eigenvalue weighted by Gasteiger charge is -2.34. The van der Waals surface area contributed by atoms with Crippen LogP contribution in [0.3, 0.4) is 0 Å². The summed E-state index contributed by atoms with van der Waals surface area (Å²) in [5, 5.41) is 9.64. The zero-order valence-electron chi connectivity index (χ0n) is 13.1. The molecule has 0 amide bonds. The lowest BCUT2D eigenvalue weighted by molar-refractivity contribution is 0.0696. The fourth-order valence-corrected chi connectivity index (χ4v) is 3.26. The maximum absolute atomic E-state index is 14.1. The highest BCUT2D eigenvalue weighted by atomic mass is 19.1. The number of rotatable bonds is 1. The second-order valence-electron chi connectivity index (χ2n) is 7.23. The number of hydrogen-bond donors (Lipinski definition) is 1. The molecule has 1 unspecified atom stereocenters. The number of aromatic nitrogens is 1. The maximum Gasteiger partial charge on any atom is 0.335 e. The molecule has 22 heavy (non-hydrogen) atoms. The molecule has 116 valence electrons. The van der Waals surface area contributed by atoms with E-state index in [1.54, 1.807) is 0 Å². The van der Waals surface area contributed by atoms with Crippen LogP contribution in [0.25, 0.3) is 10.9 Å². The van der Waals surface area contributed by atoms with Gasteiger partial charge in [-0.25, -0.2) is 14.2 Å². The summed E-state index contributed by atoms with van der Waals surface area (Å²) in [4.78, 5) is 15.5. The van der Waals surface area contributed by atoms with E-state index in [4.69, 9.17) is 5.11 Å². The molecule has 1 aliphatic rings. The minimum absolute atomic E-state index is 0.0325. The summed E-state index contributed by atoms with van der Waals surface area (Å²) in [6.45, 7) is 6.71. The van der Waals surface area contributed by atoms with Gasteiger partial charge in [-0.15, -0.1) is 0 Å². The van der Waals surface area contributed by atoms with Crippen LogP contribution in [-0.2, 0) is 12.8 Å². The SMILES string of the molecule is CC(C)(C)C1CCc2nc3c(F)cc(C(=O)O)cc3cc2C1. The number of carboxylic acids is 1. The van der Waals surface area contributed by atoms with Gasteiger partial charge in [-0.2, -0.15) is 0 Å². The molecular formula is C18H20FNO2. The lowest BCUT2D eigenvalue weighted by atomic mass is 9.71. The first-order chi connectivity index (χ1) is 10.3. The van der Waals surface area contributed by atoms with Crippen LogP contribution >= 0.6 is 0 Å². The second-order valence-corrected chi connectivity index (χ2v) is 7.23. The van der Waals surface area contributed by atoms with Crippen molar-refractivity contribution in [3.05, 3.63) is 40.8 Å². The number of aryl methyl sites for hydroxylation is 1. The molecule has 0 saturated heterocycles. The third-order valence-corrected chi connectivity index (χ3v) is 4.71. The Morgan fingerprint density at radius 3 is 2.68 bits per heavy atom. The first kappa shape index (κ1) is 14.9. The lowest BCUT2D eigenvalue weighted by Crippen LogP contribution is -2.27. The smallest absolute Gasteiger partial charge is 0.335 e. The van der Waals surface area contributed by atoms with Gasteiger partial charge in [-0.05, 0) is 54.4 Å². The molecule has 0 fully saturated rings. The van der Waals surface area contributed by atoms with Gasteiger partial charge in [-0.1, -0.05) is 20.8 Å². The van der Waals surface area contributed by atoms with E-state index in [9.17, 15) is 9.18 Å². The maximum atomic E-state index is 14.1. The minimum Gasteiger partial charge on any atom is -0.478 e. The van der Waals surface area contributed by atoms with Gasteiger partial charge in [0.05, 0.1) is 5.56 Å². The second kappa shape index (κ2) is 5.04. The quantitative estimate of drug-likeness (QED) is 0.858. The van der Waals surface area contributed by atoms with Gasteiger partial charge in [0.25, 0.3) is 0 Å². The number of carboxylic acid groups (broad SMARTS) is 1. The van der Waals surface area contributed by atoms with Crippen molar-refractivity contribution in [2.24, 2.45) is 11.3 Å². The van der Waals surface area contributed by atoms with Crippen molar-refractivity contribution in [2.45, 2.75) is 40.0 Å². The molecule has 1 aromatic heterocycles. The van der Waals surface area contributed by atoms with Crippen molar-refractivity contribution in [2.75, 3.05) is 0 Å². The largest absolute Gasteiger partial charge is 0.478 e. The van der Waals surface area contributed by atoms with E-state index in [1.165, 1.54) is 6.07 Å². The molecule has 3 rings (SSSR count). The van der Waals surface area contributed by atoms with Gasteiger partial charge in [-0.3, -0.25) is 0 Å². The van der Waals surface area contributed by atoms with Crippen molar-refractivity contribution >= 4 is 16.9 Å². The monoisotopic (exact) mass is 301 g/mol. The molecular weight excluding hydrogens is 281 g/mol. The highest BCUT2D eigenvalue weighted by Crippen LogP contribution is 2.37. The summed E-state index contributed by atoms with van der Waals surface area (Å²) in [5.41, 5.74) is 2.55. The molecule has 1 N–H and O–H groups in total. The predicted molar refractivity (Wildman–Crippen MR) is 83.6 cm³/mol. The summed E-state index contributed by atoms with van der Waals surface area (Å²) < 4.78 is 14.1. The van der Waals surface area contributed by atoms with Gasteiger partial charge in [0.1, 0.15) is 11.3 Å². The molecule has 1 heterocycles. The molecule has 2 aromatic rings. The Labute approximate surface area is 129 Å². The van der Waals surface area contributed by atoms with E-state index < -0.39 is 11.8 Å². The fraction of sp³-hybridized carbons (Fsp3) is 0.444. The number of carbonyl (C=O) groups is 1. The van der Waals surface area contributed by atoms with E-state index in [2.05, 4.69) is 25.8 Å². The predicted octanol–water partition coefficient (Wildman–Crippen LogP) is 4.22. The molecule has 1 aromatic carbocycles. The van der Waals surface area contributed by atoms with Gasteiger partial charge in [0, 0.05) is 11.1 Å². The third-order valence-electron chi connectivity index (χ3n) is 4.71. The van der Waals surface area contributed by atoms with Gasteiger partial charge in [0.15, 0.2) is 0 Å². The Bertz CT molecular complexity index is 762. The first-order valence-electron chi connectivity index (χ1n) is 7.61. The van der Waals surface area contributed by atoms with Crippen LogP contribution in [0.5, 0.6) is 0 Å². The Balaban J connectivity index is 2.11. The average molecular weight is 301 g/mol. The van der Waals surface area contributed by atoms with Crippen molar-refractivity contribution in [1.82, 2.24) is 4.98 Å². The Morgan fingerprint density at radius 2 is 2.05 bits per heavy atom. The molecule has 1 aliphatic carbocycles. The van der Waals surface area contributed by atoms with Crippen molar-refractivity contribution in [3.63, 3.8) is 0 Å². The molecule has 0 saturated carbocycles. The molecule has 3 nitrogen and oxygen atoms in total. The molecule has 1 atom stereocenters. The highest BCUT2D eigenvalue weighted by Gasteiger charge is 2.29. The standard InChI is InChI=1S/C18H20FNO2/c1-18(2,3)13-4-5-15-10(8-13)6-11-7-12(17(21)22)9-14(19)16(11)20-15/h6-7,9,13H,4-5,8H2,1-3H3,(H,21,22). The van der Waals surface area contributed by atoms with Gasteiger partial charge >= 0.3 is 5.97 Å². The van der Waals surface area contributed by atoms with E-state index in [0.717, 1.165) is 36.6 Å². The number of nitrogens with zero attached hydrogens (tertiary/aromatic N) is 1. The van der Waals surface area contributed by atoms with Crippen LogP contribution in [-0.4, -0.2) is 16.1 Å². The zero-order chi connectivity index (χ0) is 16.1. The highest BCUT2D eigenvalue weighted by molar-refractivity contribution is 5.93. The number of halogens is 1. The minimum atomic E-state index is -1.12. The van der Waals surface area contributed by atoms with Crippen molar-refractivity contribution in [1.29, 1.82) is 0 Å². The summed E-state index contributed by atoms with van der Waals surface area (Å²) >= 11 is 0. The van der Waals surface area contributed by atoms with Crippen LogP contribution in [0.4, 0.5) is 4.39 Å². The van der Waals surface area contributed by atoms with Crippen LogP contribution < -0.4 is 0 Å². The molecule has 0 aliphatic heterocycles. The molecule has 4 heteroatoms. The average Bonchev–Trinajstić information content (AvgIpc) is 2.43. The number of aromatic carboxylic acids is 1. The fourth-order valence-electron chi connectivity index (χ4n) is 3.26. The summed E-state index contributed by atoms with van der Waals surface area (Å²) in [5.74, 6) is -1.12. The first-order valence-corrected chi connectivity index (χ1v) is 7.61. The van der Waals surface area contributed by atoms with E-state index >= 15 is 0 Å². The number of fused-ring (bicyclic) bond motifs is 2. The molecule has 0 spiro atoms. The summed E-state index contributed by atoms with van der Waals surface area (Å²) in [6, 6.07) is 4.48. The molecule has 0 radical (unpaired) electrons. The summed E-state index contributed by atoms with van der Waals surface area (Å²) in [6.07, 6.45) is 2.83. The van der Waals surface area contributed by atoms with Crippen LogP contribution in [0.2, 0.25) is 0 Å².